The van der Waals surface area contributed by atoms with Crippen LogP contribution >= 0.6 is 0 Å². The summed E-state index contributed by atoms with van der Waals surface area (Å²) < 4.78 is 5.41. The number of carboxylic acid groups (broad SMARTS) is 1. The molecule has 0 saturated carbocycles. The van der Waals surface area contributed by atoms with Crippen molar-refractivity contribution in [3.05, 3.63) is 0 Å². The molecule has 1 saturated heterocycles. The number of morpholine rings is 1. The Morgan fingerprint density at radius 2 is 2.58 bits per heavy atom. The fourth-order valence-corrected chi connectivity index (χ4v) is 1.36. The second kappa shape index (κ2) is 4.42. The molecule has 0 bridgehead atoms. The Labute approximate surface area is 71.9 Å². The van der Waals surface area contributed by atoms with Gasteiger partial charge in [0.15, 0.2) is 0 Å². The molecule has 70 valence electrons. The topological polar surface area (TPSA) is 58.6 Å². The summed E-state index contributed by atoms with van der Waals surface area (Å²) in [6.45, 7) is 4.24. The number of carbonyl (C=O) groups is 1. The number of nitrogens with one attached hydrogen (secondary N) is 1. The second-order valence-corrected chi connectivity index (χ2v) is 3.19. The van der Waals surface area contributed by atoms with E-state index >= 15 is 0 Å². The van der Waals surface area contributed by atoms with E-state index in [0.29, 0.717) is 6.61 Å². The summed E-state index contributed by atoms with van der Waals surface area (Å²) in [5, 5.41) is 11.7. The summed E-state index contributed by atoms with van der Waals surface area (Å²) in [7, 11) is 0. The molecular weight excluding hydrogens is 158 g/mol. The lowest BCUT2D eigenvalue weighted by Crippen LogP contribution is -2.42. The van der Waals surface area contributed by atoms with Crippen molar-refractivity contribution in [2.75, 3.05) is 19.7 Å². The third-order valence-corrected chi connectivity index (χ3v) is 2.09. The van der Waals surface area contributed by atoms with Gasteiger partial charge in [-0.1, -0.05) is 6.92 Å². The fraction of sp³-hybridized carbons (Fsp3) is 0.875. The van der Waals surface area contributed by atoms with E-state index in [0.717, 1.165) is 13.1 Å². The van der Waals surface area contributed by atoms with E-state index in [1.165, 1.54) is 0 Å². The Balaban J connectivity index is 2.29. The van der Waals surface area contributed by atoms with Crippen LogP contribution in [0.15, 0.2) is 0 Å². The van der Waals surface area contributed by atoms with E-state index in [9.17, 15) is 4.79 Å². The van der Waals surface area contributed by atoms with Crippen LogP contribution in [0.5, 0.6) is 0 Å². The molecule has 0 spiro atoms. The van der Waals surface area contributed by atoms with Crippen molar-refractivity contribution >= 4 is 5.97 Å². The Kier molecular flexibility index (Phi) is 3.49. The van der Waals surface area contributed by atoms with Crippen LogP contribution in [0.3, 0.4) is 0 Å². The number of rotatable bonds is 3. The van der Waals surface area contributed by atoms with Gasteiger partial charge in [0.1, 0.15) is 0 Å². The average molecular weight is 173 g/mol. The zero-order valence-electron chi connectivity index (χ0n) is 7.25. The van der Waals surface area contributed by atoms with Gasteiger partial charge in [-0.3, -0.25) is 4.79 Å². The minimum Gasteiger partial charge on any atom is -0.481 e. The monoisotopic (exact) mass is 173 g/mol. The molecule has 4 nitrogen and oxygen atoms in total. The predicted octanol–water partition coefficient (Wildman–Crippen LogP) is 0.0856. The maximum atomic E-state index is 10.4. The van der Waals surface area contributed by atoms with Gasteiger partial charge in [-0.15, -0.1) is 0 Å². The van der Waals surface area contributed by atoms with Gasteiger partial charge in [0, 0.05) is 13.1 Å². The molecule has 4 heteroatoms. The first-order chi connectivity index (χ1) is 5.70. The van der Waals surface area contributed by atoms with Gasteiger partial charge in [0.05, 0.1) is 19.1 Å². The predicted molar refractivity (Wildman–Crippen MR) is 44.0 cm³/mol. The van der Waals surface area contributed by atoms with Crippen molar-refractivity contribution in [3.63, 3.8) is 0 Å². The lowest BCUT2D eigenvalue weighted by Gasteiger charge is -2.27. The van der Waals surface area contributed by atoms with Crippen molar-refractivity contribution in [1.82, 2.24) is 5.32 Å². The quantitative estimate of drug-likeness (QED) is 0.635. The van der Waals surface area contributed by atoms with Gasteiger partial charge in [-0.05, 0) is 5.92 Å². The zero-order chi connectivity index (χ0) is 8.97. The van der Waals surface area contributed by atoms with Gasteiger partial charge >= 0.3 is 5.97 Å². The smallest absolute Gasteiger partial charge is 0.303 e. The normalized spacial score (nSPS) is 26.6. The van der Waals surface area contributed by atoms with Gasteiger partial charge in [-0.25, -0.2) is 0 Å². The average Bonchev–Trinajstić information content (AvgIpc) is 2.05. The number of hydrogen-bond donors (Lipinski definition) is 2. The minimum atomic E-state index is -0.753. The Morgan fingerprint density at radius 3 is 3.08 bits per heavy atom. The van der Waals surface area contributed by atoms with Crippen LogP contribution in [0.4, 0.5) is 0 Å². The van der Waals surface area contributed by atoms with Crippen LogP contribution < -0.4 is 5.32 Å². The fourth-order valence-electron chi connectivity index (χ4n) is 1.36. The lowest BCUT2D eigenvalue weighted by atomic mass is 10.0. The number of hydrogen-bond acceptors (Lipinski definition) is 3. The number of aliphatic carboxylic acids is 1. The maximum absolute atomic E-state index is 10.4. The molecule has 1 heterocycles. The van der Waals surface area contributed by atoms with Gasteiger partial charge < -0.3 is 15.2 Å². The first-order valence-corrected chi connectivity index (χ1v) is 4.24. The highest BCUT2D eigenvalue weighted by atomic mass is 16.5. The molecule has 1 aliphatic heterocycles. The van der Waals surface area contributed by atoms with E-state index in [2.05, 4.69) is 5.32 Å². The number of ether oxygens (including phenoxy) is 1. The van der Waals surface area contributed by atoms with E-state index in [1.807, 2.05) is 6.92 Å². The first kappa shape index (κ1) is 9.48. The summed E-state index contributed by atoms with van der Waals surface area (Å²) in [5.74, 6) is -0.660. The van der Waals surface area contributed by atoms with Crippen LogP contribution in [0.25, 0.3) is 0 Å². The molecule has 12 heavy (non-hydrogen) atoms. The van der Waals surface area contributed by atoms with E-state index in [4.69, 9.17) is 9.84 Å². The van der Waals surface area contributed by atoms with Crippen molar-refractivity contribution in [2.24, 2.45) is 5.92 Å². The van der Waals surface area contributed by atoms with Gasteiger partial charge in [-0.2, -0.15) is 0 Å². The van der Waals surface area contributed by atoms with E-state index in [1.54, 1.807) is 0 Å². The largest absolute Gasteiger partial charge is 0.481 e. The summed E-state index contributed by atoms with van der Waals surface area (Å²) in [6, 6.07) is 0. The van der Waals surface area contributed by atoms with E-state index < -0.39 is 5.97 Å². The molecule has 0 aromatic heterocycles. The summed E-state index contributed by atoms with van der Waals surface area (Å²) in [5.41, 5.74) is 0. The highest BCUT2D eigenvalue weighted by Gasteiger charge is 2.22. The first-order valence-electron chi connectivity index (χ1n) is 4.24. The molecule has 0 amide bonds. The molecule has 1 aliphatic rings. The minimum absolute atomic E-state index is 0.0647. The highest BCUT2D eigenvalue weighted by molar-refractivity contribution is 5.67. The SMILES string of the molecule is CC(CC(=O)O)[C@@H]1CNCCO1. The van der Waals surface area contributed by atoms with Crippen LogP contribution in [-0.2, 0) is 9.53 Å². The summed E-state index contributed by atoms with van der Waals surface area (Å²) in [6.07, 6.45) is 0.252. The molecule has 2 N–H and O–H groups in total. The van der Waals surface area contributed by atoms with Crippen molar-refractivity contribution in [2.45, 2.75) is 19.4 Å². The van der Waals surface area contributed by atoms with Crippen molar-refractivity contribution in [1.29, 1.82) is 0 Å². The lowest BCUT2D eigenvalue weighted by molar-refractivity contribution is -0.139. The molecule has 1 rings (SSSR count). The second-order valence-electron chi connectivity index (χ2n) is 3.19. The molecule has 2 atom stereocenters. The molecule has 0 aromatic rings. The van der Waals surface area contributed by atoms with Crippen molar-refractivity contribution < 1.29 is 14.6 Å². The highest BCUT2D eigenvalue weighted by Crippen LogP contribution is 2.12. The van der Waals surface area contributed by atoms with Crippen LogP contribution in [0, 0.1) is 5.92 Å². The summed E-state index contributed by atoms with van der Waals surface area (Å²) in [4.78, 5) is 10.4. The van der Waals surface area contributed by atoms with Crippen LogP contribution in [0.2, 0.25) is 0 Å². The Hall–Kier alpha value is -0.610. The van der Waals surface area contributed by atoms with Gasteiger partial charge in [0.2, 0.25) is 0 Å². The Morgan fingerprint density at radius 1 is 1.83 bits per heavy atom. The van der Waals surface area contributed by atoms with E-state index in [-0.39, 0.29) is 18.4 Å². The summed E-state index contributed by atoms with van der Waals surface area (Å²) >= 11 is 0. The molecule has 1 fully saturated rings. The molecule has 0 aliphatic carbocycles. The van der Waals surface area contributed by atoms with Crippen LogP contribution in [-0.4, -0.2) is 36.9 Å². The third-order valence-electron chi connectivity index (χ3n) is 2.09. The zero-order valence-corrected chi connectivity index (χ0v) is 7.25. The molecule has 0 radical (unpaired) electrons. The molecule has 1 unspecified atom stereocenters. The third kappa shape index (κ3) is 2.79. The van der Waals surface area contributed by atoms with Crippen molar-refractivity contribution in [3.8, 4) is 0 Å². The van der Waals surface area contributed by atoms with Gasteiger partial charge in [0.25, 0.3) is 0 Å². The number of carboxylic acids is 1. The Bertz CT molecular complexity index is 154. The molecular formula is C8H15NO3. The molecule has 0 aromatic carbocycles. The van der Waals surface area contributed by atoms with Crippen LogP contribution in [0.1, 0.15) is 13.3 Å². The maximum Gasteiger partial charge on any atom is 0.303 e. The standard InChI is InChI=1S/C8H15NO3/c1-6(4-8(10)11)7-5-9-2-3-12-7/h6-7,9H,2-5H2,1H3,(H,10,11)/t6?,7-/m0/s1.